The fraction of sp³-hybridized carbons (Fsp3) is 0.353. The van der Waals surface area contributed by atoms with E-state index < -0.39 is 0 Å². The lowest BCUT2D eigenvalue weighted by atomic mass is 10.0. The van der Waals surface area contributed by atoms with Crippen LogP contribution in [0.2, 0.25) is 0 Å². The van der Waals surface area contributed by atoms with Crippen LogP contribution in [0.3, 0.4) is 0 Å². The summed E-state index contributed by atoms with van der Waals surface area (Å²) in [6, 6.07) is 12.1. The Bertz CT molecular complexity index is 580. The van der Waals surface area contributed by atoms with Crippen molar-refractivity contribution in [2.24, 2.45) is 0 Å². The predicted octanol–water partition coefficient (Wildman–Crippen LogP) is 3.34. The van der Waals surface area contributed by atoms with Gasteiger partial charge in [0.1, 0.15) is 0 Å². The molecule has 112 valence electrons. The molecule has 21 heavy (non-hydrogen) atoms. The highest BCUT2D eigenvalue weighted by Gasteiger charge is 2.21. The van der Waals surface area contributed by atoms with Crippen LogP contribution in [0.15, 0.2) is 41.8 Å². The number of carbonyl (C=O) groups is 1. The van der Waals surface area contributed by atoms with Crippen LogP contribution >= 0.6 is 11.3 Å². The van der Waals surface area contributed by atoms with E-state index >= 15 is 0 Å². The maximum absolute atomic E-state index is 12.8. The van der Waals surface area contributed by atoms with E-state index in [-0.39, 0.29) is 11.9 Å². The minimum absolute atomic E-state index is 0.0857. The number of nitrogens with zero attached hydrogens (tertiary/aromatic N) is 1. The monoisotopic (exact) mass is 302 g/mol. The summed E-state index contributed by atoms with van der Waals surface area (Å²) in [6.07, 6.45) is 0.861. The SMILES string of the molecule is CNCCc1ccccc1C(=O)N(C)C(C)c1cccs1. The maximum Gasteiger partial charge on any atom is 0.254 e. The lowest BCUT2D eigenvalue weighted by Gasteiger charge is -2.25. The zero-order valence-electron chi connectivity index (χ0n) is 12.8. The molecule has 0 fully saturated rings. The van der Waals surface area contributed by atoms with Gasteiger partial charge >= 0.3 is 0 Å². The fourth-order valence-corrected chi connectivity index (χ4v) is 3.12. The molecular formula is C17H22N2OS. The predicted molar refractivity (Wildman–Crippen MR) is 88.9 cm³/mol. The molecule has 1 atom stereocenters. The third-order valence-corrected chi connectivity index (χ3v) is 4.79. The second kappa shape index (κ2) is 7.38. The lowest BCUT2D eigenvalue weighted by molar-refractivity contribution is 0.0744. The summed E-state index contributed by atoms with van der Waals surface area (Å²) in [5.74, 6) is 0.0857. The van der Waals surface area contributed by atoms with Gasteiger partial charge in [-0.3, -0.25) is 4.79 Å². The van der Waals surface area contributed by atoms with Crippen molar-refractivity contribution in [2.75, 3.05) is 20.6 Å². The third kappa shape index (κ3) is 3.71. The molecule has 1 unspecified atom stereocenters. The standard InChI is InChI=1S/C17H22N2OS/c1-13(16-9-6-12-21-16)19(3)17(20)15-8-5-4-7-14(15)10-11-18-2/h4-9,12-13,18H,10-11H2,1-3H3. The van der Waals surface area contributed by atoms with Crippen LogP contribution in [0, 0.1) is 0 Å². The molecule has 0 aliphatic heterocycles. The van der Waals surface area contributed by atoms with Gasteiger partial charge in [0.25, 0.3) is 5.91 Å². The summed E-state index contributed by atoms with van der Waals surface area (Å²) >= 11 is 1.69. The van der Waals surface area contributed by atoms with Crippen LogP contribution in [0.1, 0.15) is 33.8 Å². The Morgan fingerprint density at radius 1 is 1.29 bits per heavy atom. The third-order valence-electron chi connectivity index (χ3n) is 3.75. The largest absolute Gasteiger partial charge is 0.334 e. The van der Waals surface area contributed by atoms with Gasteiger partial charge < -0.3 is 10.2 Å². The van der Waals surface area contributed by atoms with Crippen molar-refractivity contribution < 1.29 is 4.79 Å². The molecule has 1 amide bonds. The van der Waals surface area contributed by atoms with Crippen molar-refractivity contribution in [2.45, 2.75) is 19.4 Å². The number of hydrogen-bond acceptors (Lipinski definition) is 3. The Balaban J connectivity index is 2.19. The van der Waals surface area contributed by atoms with Crippen molar-refractivity contribution in [3.8, 4) is 0 Å². The average molecular weight is 302 g/mol. The van der Waals surface area contributed by atoms with Crippen molar-refractivity contribution in [3.63, 3.8) is 0 Å². The first-order chi connectivity index (χ1) is 10.1. The Morgan fingerprint density at radius 3 is 2.71 bits per heavy atom. The zero-order valence-corrected chi connectivity index (χ0v) is 13.6. The fourth-order valence-electron chi connectivity index (χ4n) is 2.29. The van der Waals surface area contributed by atoms with Crippen LogP contribution < -0.4 is 5.32 Å². The van der Waals surface area contributed by atoms with Crippen molar-refractivity contribution >= 4 is 17.2 Å². The van der Waals surface area contributed by atoms with Crippen molar-refractivity contribution in [3.05, 3.63) is 57.8 Å². The molecule has 0 saturated carbocycles. The minimum atomic E-state index is 0.0857. The van der Waals surface area contributed by atoms with E-state index in [1.165, 1.54) is 4.88 Å². The van der Waals surface area contributed by atoms with E-state index in [0.717, 1.165) is 24.1 Å². The lowest BCUT2D eigenvalue weighted by Crippen LogP contribution is -2.30. The van der Waals surface area contributed by atoms with Crippen molar-refractivity contribution in [1.29, 1.82) is 0 Å². The van der Waals surface area contributed by atoms with Gasteiger partial charge in [0.05, 0.1) is 6.04 Å². The Kier molecular flexibility index (Phi) is 5.53. The molecular weight excluding hydrogens is 280 g/mol. The molecule has 3 nitrogen and oxygen atoms in total. The quantitative estimate of drug-likeness (QED) is 0.887. The number of benzene rings is 1. The van der Waals surface area contributed by atoms with Gasteiger partial charge in [-0.1, -0.05) is 24.3 Å². The molecule has 1 aromatic carbocycles. The van der Waals surface area contributed by atoms with Crippen LogP contribution in [0.4, 0.5) is 0 Å². The van der Waals surface area contributed by atoms with E-state index in [2.05, 4.69) is 18.3 Å². The summed E-state index contributed by atoms with van der Waals surface area (Å²) in [7, 11) is 3.80. The first-order valence-electron chi connectivity index (χ1n) is 7.18. The van der Waals surface area contributed by atoms with Crippen molar-refractivity contribution in [1.82, 2.24) is 10.2 Å². The van der Waals surface area contributed by atoms with Gasteiger partial charge in [-0.25, -0.2) is 0 Å². The molecule has 1 heterocycles. The first kappa shape index (κ1) is 15.7. The molecule has 4 heteroatoms. The second-order valence-electron chi connectivity index (χ2n) is 5.12. The molecule has 1 N–H and O–H groups in total. The Morgan fingerprint density at radius 2 is 2.05 bits per heavy atom. The second-order valence-corrected chi connectivity index (χ2v) is 6.10. The number of rotatable bonds is 6. The van der Waals surface area contributed by atoms with E-state index in [9.17, 15) is 4.79 Å². The topological polar surface area (TPSA) is 32.3 Å². The summed E-state index contributed by atoms with van der Waals surface area (Å²) in [6.45, 7) is 2.94. The highest BCUT2D eigenvalue weighted by Crippen LogP contribution is 2.25. The van der Waals surface area contributed by atoms with E-state index in [1.807, 2.05) is 54.7 Å². The van der Waals surface area contributed by atoms with E-state index in [4.69, 9.17) is 0 Å². The van der Waals surface area contributed by atoms with Crippen LogP contribution in [0.25, 0.3) is 0 Å². The van der Waals surface area contributed by atoms with Gasteiger partial charge in [-0.05, 0) is 50.0 Å². The molecule has 0 saturated heterocycles. The number of carbonyl (C=O) groups excluding carboxylic acids is 1. The molecule has 2 rings (SSSR count). The van der Waals surface area contributed by atoms with E-state index in [0.29, 0.717) is 0 Å². The minimum Gasteiger partial charge on any atom is -0.334 e. The van der Waals surface area contributed by atoms with Gasteiger partial charge in [0.2, 0.25) is 0 Å². The molecule has 0 radical (unpaired) electrons. The normalized spacial score (nSPS) is 12.1. The molecule has 1 aromatic heterocycles. The summed E-state index contributed by atoms with van der Waals surface area (Å²) < 4.78 is 0. The molecule has 0 bridgehead atoms. The number of amides is 1. The van der Waals surface area contributed by atoms with Gasteiger partial charge in [0.15, 0.2) is 0 Å². The smallest absolute Gasteiger partial charge is 0.254 e. The summed E-state index contributed by atoms with van der Waals surface area (Å²) in [4.78, 5) is 15.8. The summed E-state index contributed by atoms with van der Waals surface area (Å²) in [5.41, 5.74) is 1.90. The molecule has 2 aromatic rings. The van der Waals surface area contributed by atoms with Crippen LogP contribution in [0.5, 0.6) is 0 Å². The number of hydrogen-bond donors (Lipinski definition) is 1. The van der Waals surface area contributed by atoms with Gasteiger partial charge in [-0.2, -0.15) is 0 Å². The van der Waals surface area contributed by atoms with Crippen LogP contribution in [-0.4, -0.2) is 31.4 Å². The highest BCUT2D eigenvalue weighted by atomic mass is 32.1. The van der Waals surface area contributed by atoms with Crippen LogP contribution in [-0.2, 0) is 6.42 Å². The summed E-state index contributed by atoms with van der Waals surface area (Å²) in [5, 5.41) is 5.18. The Labute approximate surface area is 130 Å². The van der Waals surface area contributed by atoms with E-state index in [1.54, 1.807) is 11.3 Å². The molecule has 0 spiro atoms. The number of nitrogens with one attached hydrogen (secondary N) is 1. The highest BCUT2D eigenvalue weighted by molar-refractivity contribution is 7.10. The van der Waals surface area contributed by atoms with Gasteiger partial charge in [0, 0.05) is 17.5 Å². The average Bonchev–Trinajstić information content (AvgIpc) is 3.05. The maximum atomic E-state index is 12.8. The number of thiophene rings is 1. The molecule has 0 aliphatic carbocycles. The first-order valence-corrected chi connectivity index (χ1v) is 8.06. The zero-order chi connectivity index (χ0) is 15.2. The Hall–Kier alpha value is -1.65. The number of likely N-dealkylation sites (N-methyl/N-ethyl adjacent to an activating group) is 1. The molecule has 0 aliphatic rings. The van der Waals surface area contributed by atoms with Gasteiger partial charge in [-0.15, -0.1) is 11.3 Å².